The summed E-state index contributed by atoms with van der Waals surface area (Å²) in [6.45, 7) is 0. The summed E-state index contributed by atoms with van der Waals surface area (Å²) in [5, 5.41) is 8.62. The maximum Gasteiger partial charge on any atom is 0.307 e. The molecule has 1 aromatic carbocycles. The van der Waals surface area contributed by atoms with Crippen LogP contribution in [-0.2, 0) is 4.79 Å². The molecule has 0 amide bonds. The predicted molar refractivity (Wildman–Crippen MR) is 44.8 cm³/mol. The largest absolute Gasteiger partial charge is 0.481 e. The van der Waals surface area contributed by atoms with Crippen LogP contribution >= 0.6 is 0 Å². The van der Waals surface area contributed by atoms with E-state index in [2.05, 4.69) is 0 Å². The average Bonchev–Trinajstić information content (AvgIpc) is 2.92. The van der Waals surface area contributed by atoms with Gasteiger partial charge in [0.25, 0.3) is 0 Å². The molecule has 0 bridgehead atoms. The van der Waals surface area contributed by atoms with E-state index in [9.17, 15) is 18.0 Å². The minimum Gasteiger partial charge on any atom is -0.481 e. The van der Waals surface area contributed by atoms with Crippen LogP contribution in [0.1, 0.15) is 17.9 Å². The lowest BCUT2D eigenvalue weighted by atomic mass is 10.1. The molecule has 1 aliphatic rings. The number of hydrogen-bond acceptors (Lipinski definition) is 1. The minimum atomic E-state index is -1.52. The van der Waals surface area contributed by atoms with Gasteiger partial charge in [-0.1, -0.05) is 0 Å². The average molecular weight is 216 g/mol. The van der Waals surface area contributed by atoms with Gasteiger partial charge in [-0.2, -0.15) is 0 Å². The van der Waals surface area contributed by atoms with Gasteiger partial charge in [0.15, 0.2) is 17.5 Å². The highest BCUT2D eigenvalue weighted by Crippen LogP contribution is 2.47. The van der Waals surface area contributed by atoms with Gasteiger partial charge in [-0.05, 0) is 30.0 Å². The van der Waals surface area contributed by atoms with Crippen LogP contribution in [0.5, 0.6) is 0 Å². The molecule has 0 saturated heterocycles. The van der Waals surface area contributed by atoms with Crippen molar-refractivity contribution in [2.24, 2.45) is 5.92 Å². The Bertz CT molecular complexity index is 408. The minimum absolute atomic E-state index is 0.207. The van der Waals surface area contributed by atoms with Gasteiger partial charge in [-0.25, -0.2) is 13.2 Å². The van der Waals surface area contributed by atoms with Gasteiger partial charge in [-0.3, -0.25) is 4.79 Å². The van der Waals surface area contributed by atoms with Crippen molar-refractivity contribution in [2.75, 3.05) is 0 Å². The summed E-state index contributed by atoms with van der Waals surface area (Å²) in [5.41, 5.74) is 0.207. The van der Waals surface area contributed by atoms with Gasteiger partial charge in [-0.15, -0.1) is 0 Å². The number of hydrogen-bond donors (Lipinski definition) is 1. The number of aliphatic carboxylic acids is 1. The number of halogens is 3. The number of benzene rings is 1. The lowest BCUT2D eigenvalue weighted by Gasteiger charge is -2.01. The third-order valence-corrected chi connectivity index (χ3v) is 2.54. The van der Waals surface area contributed by atoms with Crippen LogP contribution in [0.25, 0.3) is 0 Å². The molecule has 0 aliphatic heterocycles. The normalized spacial score (nSPS) is 23.9. The summed E-state index contributed by atoms with van der Waals surface area (Å²) < 4.78 is 38.2. The molecular formula is C10H7F3O2. The molecule has 0 unspecified atom stereocenters. The summed E-state index contributed by atoms with van der Waals surface area (Å²) in [5.74, 6) is -6.07. The van der Waals surface area contributed by atoms with Crippen molar-refractivity contribution in [3.05, 3.63) is 35.1 Å². The summed E-state index contributed by atoms with van der Waals surface area (Å²) in [6.07, 6.45) is 0.347. The molecule has 2 atom stereocenters. The molecule has 0 aromatic heterocycles. The molecule has 5 heteroatoms. The Morgan fingerprint density at radius 2 is 1.80 bits per heavy atom. The molecule has 1 aliphatic carbocycles. The first kappa shape index (κ1) is 10.0. The van der Waals surface area contributed by atoms with E-state index in [0.717, 1.165) is 12.1 Å². The van der Waals surface area contributed by atoms with Gasteiger partial charge in [0.2, 0.25) is 0 Å². The maximum absolute atomic E-state index is 12.8. The Morgan fingerprint density at radius 3 is 2.20 bits per heavy atom. The van der Waals surface area contributed by atoms with Gasteiger partial charge < -0.3 is 5.11 Å². The zero-order valence-electron chi connectivity index (χ0n) is 7.51. The predicted octanol–water partition coefficient (Wildman–Crippen LogP) is 2.29. The van der Waals surface area contributed by atoms with Gasteiger partial charge in [0.1, 0.15) is 0 Å². The fourth-order valence-corrected chi connectivity index (χ4v) is 1.63. The van der Waals surface area contributed by atoms with Crippen LogP contribution < -0.4 is 0 Å². The van der Waals surface area contributed by atoms with Crippen molar-refractivity contribution < 1.29 is 23.1 Å². The van der Waals surface area contributed by atoms with Gasteiger partial charge in [0, 0.05) is 0 Å². The second-order valence-corrected chi connectivity index (χ2v) is 3.59. The summed E-state index contributed by atoms with van der Waals surface area (Å²) in [4.78, 5) is 10.5. The molecule has 1 N–H and O–H groups in total. The number of rotatable bonds is 2. The Kier molecular flexibility index (Phi) is 2.17. The lowest BCUT2D eigenvalue weighted by molar-refractivity contribution is -0.138. The summed E-state index contributed by atoms with van der Waals surface area (Å²) in [7, 11) is 0. The van der Waals surface area contributed by atoms with E-state index >= 15 is 0 Å². The first-order valence-corrected chi connectivity index (χ1v) is 4.38. The number of carboxylic acid groups (broad SMARTS) is 1. The van der Waals surface area contributed by atoms with Crippen molar-refractivity contribution in [3.63, 3.8) is 0 Å². The summed E-state index contributed by atoms with van der Waals surface area (Å²) >= 11 is 0. The summed E-state index contributed by atoms with van der Waals surface area (Å²) in [6, 6.07) is 1.71. The van der Waals surface area contributed by atoms with Crippen LogP contribution in [0.2, 0.25) is 0 Å². The number of carbonyl (C=O) groups is 1. The van der Waals surface area contributed by atoms with Crippen molar-refractivity contribution in [2.45, 2.75) is 12.3 Å². The van der Waals surface area contributed by atoms with Crippen molar-refractivity contribution in [1.29, 1.82) is 0 Å². The zero-order valence-corrected chi connectivity index (χ0v) is 7.51. The topological polar surface area (TPSA) is 37.3 Å². The van der Waals surface area contributed by atoms with E-state index in [-0.39, 0.29) is 5.56 Å². The highest BCUT2D eigenvalue weighted by Gasteiger charge is 2.44. The van der Waals surface area contributed by atoms with Gasteiger partial charge in [0.05, 0.1) is 5.92 Å². The molecule has 0 heterocycles. The van der Waals surface area contributed by atoms with Crippen LogP contribution in [0.3, 0.4) is 0 Å². The SMILES string of the molecule is O=C(O)[C@H]1C[C@@H]1c1cc(F)c(F)c(F)c1. The fraction of sp³-hybridized carbons (Fsp3) is 0.300. The Balaban J connectivity index is 2.28. The van der Waals surface area contributed by atoms with Crippen LogP contribution in [0.15, 0.2) is 12.1 Å². The van der Waals surface area contributed by atoms with E-state index in [4.69, 9.17) is 5.11 Å². The molecule has 0 spiro atoms. The Morgan fingerprint density at radius 1 is 1.27 bits per heavy atom. The van der Waals surface area contributed by atoms with E-state index in [0.29, 0.717) is 6.42 Å². The maximum atomic E-state index is 12.8. The molecule has 1 aromatic rings. The first-order chi connectivity index (χ1) is 7.00. The third kappa shape index (κ3) is 1.69. The molecule has 2 rings (SSSR count). The van der Waals surface area contributed by atoms with Crippen molar-refractivity contribution in [1.82, 2.24) is 0 Å². The molecule has 1 fully saturated rings. The lowest BCUT2D eigenvalue weighted by Crippen LogP contribution is -2.00. The van der Waals surface area contributed by atoms with Gasteiger partial charge >= 0.3 is 5.97 Å². The standard InChI is InChI=1S/C10H7F3O2/c11-7-1-4(2-8(12)9(7)13)5-3-6(5)10(14)15/h1-2,5-6H,3H2,(H,14,15)/t5-,6+/m1/s1. The van der Waals surface area contributed by atoms with Crippen molar-refractivity contribution in [3.8, 4) is 0 Å². The molecular weight excluding hydrogens is 209 g/mol. The van der Waals surface area contributed by atoms with Crippen molar-refractivity contribution >= 4 is 5.97 Å². The van der Waals surface area contributed by atoms with E-state index in [1.165, 1.54) is 0 Å². The fourth-order valence-electron chi connectivity index (χ4n) is 1.63. The third-order valence-electron chi connectivity index (χ3n) is 2.54. The van der Waals surface area contributed by atoms with Crippen LogP contribution in [0, 0.1) is 23.4 Å². The molecule has 0 radical (unpaired) electrons. The second kappa shape index (κ2) is 3.25. The van der Waals surface area contributed by atoms with E-state index < -0.39 is 35.3 Å². The highest BCUT2D eigenvalue weighted by atomic mass is 19.2. The Labute approximate surface area is 83.3 Å². The van der Waals surface area contributed by atoms with Crippen LogP contribution in [0.4, 0.5) is 13.2 Å². The Hall–Kier alpha value is -1.52. The molecule has 15 heavy (non-hydrogen) atoms. The highest BCUT2D eigenvalue weighted by molar-refractivity contribution is 5.75. The zero-order chi connectivity index (χ0) is 11.2. The second-order valence-electron chi connectivity index (χ2n) is 3.59. The number of carboxylic acids is 1. The quantitative estimate of drug-likeness (QED) is 0.770. The van der Waals surface area contributed by atoms with Crippen LogP contribution in [-0.4, -0.2) is 11.1 Å². The molecule has 2 nitrogen and oxygen atoms in total. The van der Waals surface area contributed by atoms with E-state index in [1.807, 2.05) is 0 Å². The van der Waals surface area contributed by atoms with E-state index in [1.54, 1.807) is 0 Å². The molecule has 80 valence electrons. The smallest absolute Gasteiger partial charge is 0.307 e. The monoisotopic (exact) mass is 216 g/mol. The molecule has 1 saturated carbocycles. The first-order valence-electron chi connectivity index (χ1n) is 4.38.